The van der Waals surface area contributed by atoms with Crippen LogP contribution in [0, 0.1) is 0 Å². The summed E-state index contributed by atoms with van der Waals surface area (Å²) in [6.07, 6.45) is -2.65. The average molecular weight is 270 g/mol. The van der Waals surface area contributed by atoms with Gasteiger partial charge < -0.3 is 5.11 Å². The van der Waals surface area contributed by atoms with E-state index in [1.807, 2.05) is 27.7 Å². The summed E-state index contributed by atoms with van der Waals surface area (Å²) in [4.78, 5) is 11.0. The van der Waals surface area contributed by atoms with Crippen molar-refractivity contribution in [2.75, 3.05) is 0 Å². The Morgan fingerprint density at radius 3 is 1.79 bits per heavy atom. The molecule has 0 aliphatic heterocycles. The first-order chi connectivity index (χ1) is 8.73. The zero-order valence-corrected chi connectivity index (χ0v) is 11.7. The van der Waals surface area contributed by atoms with Crippen LogP contribution < -0.4 is 0 Å². The Balaban J connectivity index is 3.50. The minimum Gasteiger partial charge on any atom is -0.481 e. The monoisotopic (exact) mass is 270 g/mol. The first-order valence-corrected chi connectivity index (χ1v) is 6.40. The highest BCUT2D eigenvalue weighted by molar-refractivity contribution is 5.72. The molecule has 0 amide bonds. The number of halogens is 2. The summed E-state index contributed by atoms with van der Waals surface area (Å²) < 4.78 is 25.9. The van der Waals surface area contributed by atoms with E-state index in [1.54, 1.807) is 0 Å². The minimum atomic E-state index is -2.53. The minimum absolute atomic E-state index is 0.0190. The lowest BCUT2D eigenvalue weighted by Crippen LogP contribution is -2.10. The van der Waals surface area contributed by atoms with Crippen molar-refractivity contribution in [2.45, 2.75) is 52.4 Å². The van der Waals surface area contributed by atoms with Crippen molar-refractivity contribution in [3.05, 3.63) is 34.4 Å². The number of aliphatic carboxylic acids is 1. The van der Waals surface area contributed by atoms with Crippen molar-refractivity contribution in [2.24, 2.45) is 0 Å². The molecule has 0 saturated heterocycles. The Morgan fingerprint density at radius 1 is 1.11 bits per heavy atom. The lowest BCUT2D eigenvalue weighted by Gasteiger charge is -2.20. The van der Waals surface area contributed by atoms with Gasteiger partial charge in [0.2, 0.25) is 0 Å². The molecule has 1 aromatic carbocycles. The molecule has 1 aromatic rings. The molecule has 0 heterocycles. The molecular formula is C15H20F2O2. The van der Waals surface area contributed by atoms with Crippen LogP contribution in [0.3, 0.4) is 0 Å². The van der Waals surface area contributed by atoms with Gasteiger partial charge in [-0.25, -0.2) is 8.78 Å². The van der Waals surface area contributed by atoms with Crippen LogP contribution in [0.4, 0.5) is 8.78 Å². The molecule has 0 atom stereocenters. The third-order valence-corrected chi connectivity index (χ3v) is 3.17. The number of rotatable bonds is 5. The van der Waals surface area contributed by atoms with Gasteiger partial charge in [-0.05, 0) is 40.7 Å². The van der Waals surface area contributed by atoms with Gasteiger partial charge in [0.05, 0.1) is 6.42 Å². The van der Waals surface area contributed by atoms with E-state index in [2.05, 4.69) is 0 Å². The predicted molar refractivity (Wildman–Crippen MR) is 70.9 cm³/mol. The van der Waals surface area contributed by atoms with E-state index in [0.717, 1.165) is 0 Å². The molecule has 1 rings (SSSR count). The maximum atomic E-state index is 12.9. The van der Waals surface area contributed by atoms with Crippen molar-refractivity contribution < 1.29 is 18.7 Å². The highest BCUT2D eigenvalue weighted by atomic mass is 19.3. The second kappa shape index (κ2) is 6.13. The Bertz CT molecular complexity index is 436. The highest BCUT2D eigenvalue weighted by Gasteiger charge is 2.20. The van der Waals surface area contributed by atoms with Crippen molar-refractivity contribution in [3.63, 3.8) is 0 Å². The van der Waals surface area contributed by atoms with Crippen LogP contribution in [0.15, 0.2) is 12.1 Å². The maximum Gasteiger partial charge on any atom is 0.307 e. The number of benzene rings is 1. The second-order valence-electron chi connectivity index (χ2n) is 5.36. The number of carboxylic acid groups (broad SMARTS) is 1. The van der Waals surface area contributed by atoms with Crippen LogP contribution in [-0.2, 0) is 11.2 Å². The first-order valence-electron chi connectivity index (χ1n) is 6.40. The lowest BCUT2D eigenvalue weighted by molar-refractivity contribution is -0.136. The summed E-state index contributed by atoms with van der Waals surface area (Å²) in [6, 6.07) is 2.89. The Labute approximate surface area is 112 Å². The van der Waals surface area contributed by atoms with Gasteiger partial charge in [-0.3, -0.25) is 4.79 Å². The van der Waals surface area contributed by atoms with E-state index >= 15 is 0 Å². The quantitative estimate of drug-likeness (QED) is 0.855. The van der Waals surface area contributed by atoms with Crippen molar-refractivity contribution >= 4 is 5.97 Å². The molecule has 0 fully saturated rings. The van der Waals surface area contributed by atoms with Crippen LogP contribution in [0.2, 0.25) is 0 Å². The van der Waals surface area contributed by atoms with E-state index in [1.165, 1.54) is 12.1 Å². The normalized spacial score (nSPS) is 11.6. The van der Waals surface area contributed by atoms with Gasteiger partial charge in [0.25, 0.3) is 6.43 Å². The number of carbonyl (C=O) groups is 1. The van der Waals surface area contributed by atoms with Crippen molar-refractivity contribution in [1.82, 2.24) is 0 Å². The van der Waals surface area contributed by atoms with Crippen LogP contribution in [0.1, 0.15) is 68.2 Å². The third kappa shape index (κ3) is 3.75. The van der Waals surface area contributed by atoms with Gasteiger partial charge in [-0.2, -0.15) is 0 Å². The molecule has 1 N–H and O–H groups in total. The fraction of sp³-hybridized carbons (Fsp3) is 0.533. The summed E-state index contributed by atoms with van der Waals surface area (Å²) >= 11 is 0. The molecular weight excluding hydrogens is 250 g/mol. The largest absolute Gasteiger partial charge is 0.481 e. The van der Waals surface area contributed by atoms with Gasteiger partial charge in [0.15, 0.2) is 0 Å². The fourth-order valence-electron chi connectivity index (χ4n) is 2.25. The van der Waals surface area contributed by atoms with E-state index in [9.17, 15) is 13.6 Å². The van der Waals surface area contributed by atoms with Gasteiger partial charge in [-0.15, -0.1) is 0 Å². The van der Waals surface area contributed by atoms with Gasteiger partial charge in [0.1, 0.15) is 0 Å². The van der Waals surface area contributed by atoms with Gasteiger partial charge in [0, 0.05) is 5.56 Å². The van der Waals surface area contributed by atoms with Gasteiger partial charge >= 0.3 is 5.97 Å². The molecule has 0 aromatic heterocycles. The van der Waals surface area contributed by atoms with Gasteiger partial charge in [-0.1, -0.05) is 27.7 Å². The fourth-order valence-corrected chi connectivity index (χ4v) is 2.25. The smallest absolute Gasteiger partial charge is 0.307 e. The Kier molecular flexibility index (Phi) is 5.04. The molecule has 0 saturated carbocycles. The number of carboxylic acids is 1. The van der Waals surface area contributed by atoms with E-state index in [4.69, 9.17) is 5.11 Å². The lowest BCUT2D eigenvalue weighted by atomic mass is 9.85. The predicted octanol–water partition coefficient (Wildman–Crippen LogP) is 4.50. The maximum absolute atomic E-state index is 12.9. The van der Waals surface area contributed by atoms with Crippen LogP contribution >= 0.6 is 0 Å². The standard InChI is InChI=1S/C15H20F2O2/c1-8(2)11-5-10(15(16)17)6-12(9(3)4)13(11)7-14(18)19/h5-6,8-9,15H,7H2,1-4H3,(H,18,19). The Hall–Kier alpha value is -1.45. The molecule has 19 heavy (non-hydrogen) atoms. The highest BCUT2D eigenvalue weighted by Crippen LogP contribution is 2.33. The summed E-state index contributed by atoms with van der Waals surface area (Å²) in [6.45, 7) is 7.56. The molecule has 106 valence electrons. The summed E-state index contributed by atoms with van der Waals surface area (Å²) in [5.74, 6) is -0.898. The summed E-state index contributed by atoms with van der Waals surface area (Å²) in [7, 11) is 0. The molecule has 0 unspecified atom stereocenters. The summed E-state index contributed by atoms with van der Waals surface area (Å²) in [5, 5.41) is 9.01. The molecule has 0 spiro atoms. The van der Waals surface area contributed by atoms with E-state index in [0.29, 0.717) is 16.7 Å². The third-order valence-electron chi connectivity index (χ3n) is 3.17. The van der Waals surface area contributed by atoms with E-state index in [-0.39, 0.29) is 23.8 Å². The molecule has 0 bridgehead atoms. The zero-order chi connectivity index (χ0) is 14.7. The summed E-state index contributed by atoms with van der Waals surface area (Å²) in [5.41, 5.74) is 2.08. The Morgan fingerprint density at radius 2 is 1.53 bits per heavy atom. The number of hydrogen-bond acceptors (Lipinski definition) is 1. The number of alkyl halides is 2. The van der Waals surface area contributed by atoms with Crippen LogP contribution in [0.25, 0.3) is 0 Å². The van der Waals surface area contributed by atoms with Crippen LogP contribution in [0.5, 0.6) is 0 Å². The molecule has 4 heteroatoms. The molecule has 0 aliphatic carbocycles. The first kappa shape index (κ1) is 15.6. The van der Waals surface area contributed by atoms with Crippen molar-refractivity contribution in [1.29, 1.82) is 0 Å². The second-order valence-corrected chi connectivity index (χ2v) is 5.36. The van der Waals surface area contributed by atoms with E-state index < -0.39 is 12.4 Å². The van der Waals surface area contributed by atoms with Crippen LogP contribution in [-0.4, -0.2) is 11.1 Å². The molecule has 2 nitrogen and oxygen atoms in total. The SMILES string of the molecule is CC(C)c1cc(C(F)F)cc(C(C)C)c1CC(=O)O. The molecule has 0 aliphatic rings. The number of hydrogen-bond donors (Lipinski definition) is 1. The average Bonchev–Trinajstić information content (AvgIpc) is 2.27. The zero-order valence-electron chi connectivity index (χ0n) is 11.7. The topological polar surface area (TPSA) is 37.3 Å². The van der Waals surface area contributed by atoms with Crippen molar-refractivity contribution in [3.8, 4) is 0 Å². The molecule has 0 radical (unpaired) electrons.